The van der Waals surface area contributed by atoms with Gasteiger partial charge in [0.2, 0.25) is 0 Å². The quantitative estimate of drug-likeness (QED) is 0.198. The Balaban J connectivity index is 1.38. The number of halogens is 1. The van der Waals surface area contributed by atoms with E-state index in [2.05, 4.69) is 20.8 Å². The monoisotopic (exact) mass is 604 g/mol. The van der Waals surface area contributed by atoms with Crippen LogP contribution >= 0.6 is 15.9 Å². The Morgan fingerprint density at radius 2 is 1.68 bits per heavy atom. The number of nitrogens with zero attached hydrogens (tertiary/aromatic N) is 2. The van der Waals surface area contributed by atoms with E-state index in [0.717, 1.165) is 40.8 Å². The highest BCUT2D eigenvalue weighted by atomic mass is 79.9. The molecule has 2 aliphatic heterocycles. The standard InChI is InChI=1S/C32H33BrN2O5/c1-22-5-2-3-6-25(22)21-40-27-13-9-24(10-14-27)30(36)28-29(23-7-11-26(33)12-8-23)35(32(38)31(28)37)16-4-15-34-17-19-39-20-18-34/h2-3,5-14,29,36H,4,15-21H2,1H3/b30-28+. The van der Waals surface area contributed by atoms with Crippen molar-refractivity contribution in [2.45, 2.75) is 26.0 Å². The Labute approximate surface area is 243 Å². The van der Waals surface area contributed by atoms with Gasteiger partial charge >= 0.3 is 0 Å². The molecule has 1 unspecified atom stereocenters. The number of ketones is 1. The van der Waals surface area contributed by atoms with Crippen LogP contribution in [-0.4, -0.2) is 66.0 Å². The highest BCUT2D eigenvalue weighted by molar-refractivity contribution is 9.10. The molecule has 0 aliphatic carbocycles. The number of rotatable bonds is 9. The lowest BCUT2D eigenvalue weighted by Crippen LogP contribution is -2.38. The van der Waals surface area contributed by atoms with E-state index in [1.54, 1.807) is 29.2 Å². The summed E-state index contributed by atoms with van der Waals surface area (Å²) in [5.41, 5.74) is 3.58. The number of amides is 1. The first kappa shape index (κ1) is 28.1. The van der Waals surface area contributed by atoms with Crippen molar-refractivity contribution in [2.75, 3.05) is 39.4 Å². The van der Waals surface area contributed by atoms with Crippen LogP contribution in [0.3, 0.4) is 0 Å². The second-order valence-electron chi connectivity index (χ2n) is 10.1. The van der Waals surface area contributed by atoms with E-state index in [1.807, 2.05) is 55.5 Å². The fraction of sp³-hybridized carbons (Fsp3) is 0.312. The molecule has 0 radical (unpaired) electrons. The summed E-state index contributed by atoms with van der Waals surface area (Å²) >= 11 is 3.46. The molecule has 2 saturated heterocycles. The van der Waals surface area contributed by atoms with E-state index in [0.29, 0.717) is 44.1 Å². The van der Waals surface area contributed by atoms with Crippen molar-refractivity contribution in [3.8, 4) is 5.75 Å². The average Bonchev–Trinajstić information content (AvgIpc) is 3.23. The molecule has 5 rings (SSSR count). The second-order valence-corrected chi connectivity index (χ2v) is 11.0. The predicted molar refractivity (Wildman–Crippen MR) is 157 cm³/mol. The van der Waals surface area contributed by atoms with Gasteiger partial charge in [0.1, 0.15) is 18.1 Å². The third-order valence-corrected chi connectivity index (χ3v) is 8.01. The zero-order valence-corrected chi connectivity index (χ0v) is 24.1. The summed E-state index contributed by atoms with van der Waals surface area (Å²) in [4.78, 5) is 30.5. The molecule has 3 aromatic carbocycles. The van der Waals surface area contributed by atoms with Crippen LogP contribution in [0.2, 0.25) is 0 Å². The summed E-state index contributed by atoms with van der Waals surface area (Å²) in [6.45, 7) is 6.82. The minimum Gasteiger partial charge on any atom is -0.507 e. The number of carbonyl (C=O) groups is 2. The van der Waals surface area contributed by atoms with E-state index in [-0.39, 0.29) is 11.3 Å². The molecule has 1 amide bonds. The summed E-state index contributed by atoms with van der Waals surface area (Å²) in [5.74, 6) is -0.800. The van der Waals surface area contributed by atoms with Gasteiger partial charge in [0, 0.05) is 36.2 Å². The van der Waals surface area contributed by atoms with E-state index < -0.39 is 17.7 Å². The summed E-state index contributed by atoms with van der Waals surface area (Å²) in [7, 11) is 0. The van der Waals surface area contributed by atoms with Gasteiger partial charge in [0.05, 0.1) is 24.8 Å². The topological polar surface area (TPSA) is 79.3 Å². The number of Topliss-reactive ketones (excluding diaryl/α,β-unsaturated/α-hetero) is 1. The maximum Gasteiger partial charge on any atom is 0.295 e. The number of morpholine rings is 1. The largest absolute Gasteiger partial charge is 0.507 e. The Kier molecular flexibility index (Phi) is 8.99. The number of aliphatic hydroxyl groups is 1. The van der Waals surface area contributed by atoms with Gasteiger partial charge in [-0.05, 0) is 66.4 Å². The molecule has 0 spiro atoms. The van der Waals surface area contributed by atoms with Gasteiger partial charge in [-0.2, -0.15) is 0 Å². The number of benzene rings is 3. The molecule has 0 aromatic heterocycles. The van der Waals surface area contributed by atoms with E-state index in [4.69, 9.17) is 9.47 Å². The molecule has 8 heteroatoms. The number of aliphatic hydroxyl groups excluding tert-OH is 1. The minimum atomic E-state index is -0.672. The van der Waals surface area contributed by atoms with E-state index in [9.17, 15) is 14.7 Å². The van der Waals surface area contributed by atoms with Crippen LogP contribution in [0.4, 0.5) is 0 Å². The van der Waals surface area contributed by atoms with Gasteiger partial charge in [-0.3, -0.25) is 14.5 Å². The number of carbonyl (C=O) groups excluding carboxylic acids is 2. The van der Waals surface area contributed by atoms with Crippen LogP contribution in [0.15, 0.2) is 82.8 Å². The Morgan fingerprint density at radius 1 is 0.975 bits per heavy atom. The summed E-state index contributed by atoms with van der Waals surface area (Å²) in [5, 5.41) is 11.4. The van der Waals surface area contributed by atoms with Crippen molar-refractivity contribution in [2.24, 2.45) is 0 Å². The van der Waals surface area contributed by atoms with Crippen LogP contribution in [0.1, 0.15) is 34.7 Å². The van der Waals surface area contributed by atoms with Crippen molar-refractivity contribution >= 4 is 33.4 Å². The summed E-state index contributed by atoms with van der Waals surface area (Å²) in [6.07, 6.45) is 0.715. The second kappa shape index (κ2) is 12.8. The molecule has 208 valence electrons. The van der Waals surface area contributed by atoms with Crippen LogP contribution in [0.5, 0.6) is 5.75 Å². The molecule has 0 saturated carbocycles. The van der Waals surface area contributed by atoms with Gasteiger partial charge in [-0.25, -0.2) is 0 Å². The van der Waals surface area contributed by atoms with Gasteiger partial charge in [0.15, 0.2) is 0 Å². The van der Waals surface area contributed by atoms with E-state index in [1.165, 1.54) is 0 Å². The van der Waals surface area contributed by atoms with Gasteiger partial charge in [-0.1, -0.05) is 52.3 Å². The van der Waals surface area contributed by atoms with Crippen LogP contribution < -0.4 is 4.74 Å². The van der Waals surface area contributed by atoms with Gasteiger partial charge in [-0.15, -0.1) is 0 Å². The minimum absolute atomic E-state index is 0.104. The number of aryl methyl sites for hydroxylation is 1. The maximum absolute atomic E-state index is 13.3. The molecular weight excluding hydrogens is 572 g/mol. The third-order valence-electron chi connectivity index (χ3n) is 7.49. The zero-order chi connectivity index (χ0) is 28.1. The summed E-state index contributed by atoms with van der Waals surface area (Å²) in [6, 6.07) is 21.8. The first-order chi connectivity index (χ1) is 19.4. The highest BCUT2D eigenvalue weighted by Crippen LogP contribution is 2.40. The molecule has 40 heavy (non-hydrogen) atoms. The molecular formula is C32H33BrN2O5. The Bertz CT molecular complexity index is 1380. The third kappa shape index (κ3) is 6.30. The maximum atomic E-state index is 13.3. The molecule has 3 aromatic rings. The number of ether oxygens (including phenoxy) is 2. The normalized spacial score (nSPS) is 19.2. The molecule has 1 atom stereocenters. The average molecular weight is 606 g/mol. The van der Waals surface area contributed by atoms with Crippen molar-refractivity contribution in [3.05, 3.63) is 105 Å². The Morgan fingerprint density at radius 3 is 2.38 bits per heavy atom. The van der Waals surface area contributed by atoms with Gasteiger partial charge < -0.3 is 19.5 Å². The lowest BCUT2D eigenvalue weighted by Gasteiger charge is -2.29. The lowest BCUT2D eigenvalue weighted by atomic mass is 9.95. The summed E-state index contributed by atoms with van der Waals surface area (Å²) < 4.78 is 12.3. The van der Waals surface area contributed by atoms with Crippen LogP contribution in [-0.2, 0) is 20.9 Å². The molecule has 2 aliphatic rings. The van der Waals surface area contributed by atoms with Crippen LogP contribution in [0, 0.1) is 6.92 Å². The van der Waals surface area contributed by atoms with Gasteiger partial charge in [0.25, 0.3) is 11.7 Å². The molecule has 1 N–H and O–H groups in total. The fourth-order valence-electron chi connectivity index (χ4n) is 5.19. The number of hydrogen-bond donors (Lipinski definition) is 1. The number of hydrogen-bond acceptors (Lipinski definition) is 6. The predicted octanol–water partition coefficient (Wildman–Crippen LogP) is 5.48. The smallest absolute Gasteiger partial charge is 0.295 e. The fourth-order valence-corrected chi connectivity index (χ4v) is 5.45. The molecule has 7 nitrogen and oxygen atoms in total. The molecule has 2 fully saturated rings. The van der Waals surface area contributed by atoms with Crippen molar-refractivity contribution < 1.29 is 24.2 Å². The molecule has 0 bridgehead atoms. The van der Waals surface area contributed by atoms with Crippen molar-refractivity contribution in [1.29, 1.82) is 0 Å². The first-order valence-corrected chi connectivity index (χ1v) is 14.3. The first-order valence-electron chi connectivity index (χ1n) is 13.5. The number of likely N-dealkylation sites (tertiary alicyclic amines) is 1. The SMILES string of the molecule is Cc1ccccc1COc1ccc(/C(O)=C2\C(=O)C(=O)N(CCCN3CCOCC3)C2c2ccc(Br)cc2)cc1. The van der Waals surface area contributed by atoms with Crippen LogP contribution in [0.25, 0.3) is 5.76 Å². The zero-order valence-electron chi connectivity index (χ0n) is 22.5. The molecule has 2 heterocycles. The van der Waals surface area contributed by atoms with E-state index >= 15 is 0 Å². The lowest BCUT2D eigenvalue weighted by molar-refractivity contribution is -0.140. The Hall–Kier alpha value is -3.46. The van der Waals surface area contributed by atoms with Crippen molar-refractivity contribution in [1.82, 2.24) is 9.80 Å². The highest BCUT2D eigenvalue weighted by Gasteiger charge is 2.45. The van der Waals surface area contributed by atoms with Crippen molar-refractivity contribution in [3.63, 3.8) is 0 Å².